The van der Waals surface area contributed by atoms with Gasteiger partial charge in [0.2, 0.25) is 10.3 Å². The first kappa shape index (κ1) is 20.0. The molecule has 1 heterocycles. The van der Waals surface area contributed by atoms with Crippen LogP contribution in [0.3, 0.4) is 0 Å². The van der Waals surface area contributed by atoms with Gasteiger partial charge in [0.15, 0.2) is 0 Å². The number of rotatable bonds is 8. The number of carbonyl (C=O) groups is 1. The zero-order valence-electron chi connectivity index (χ0n) is 15.9. The zero-order chi connectivity index (χ0) is 19.1. The van der Waals surface area contributed by atoms with Gasteiger partial charge in [-0.25, -0.2) is 4.79 Å². The number of ether oxygens (including phenoxy) is 1. The van der Waals surface area contributed by atoms with Crippen LogP contribution in [0.5, 0.6) is 5.75 Å². The van der Waals surface area contributed by atoms with Crippen molar-refractivity contribution in [2.24, 2.45) is 11.8 Å². The predicted molar refractivity (Wildman–Crippen MR) is 107 cm³/mol. The summed E-state index contributed by atoms with van der Waals surface area (Å²) in [6.07, 6.45) is 0. The van der Waals surface area contributed by atoms with E-state index in [4.69, 9.17) is 4.74 Å². The molecule has 2 aromatic rings. The van der Waals surface area contributed by atoms with Crippen molar-refractivity contribution in [3.8, 4) is 5.75 Å². The molecule has 0 saturated heterocycles. The Kier molecular flexibility index (Phi) is 7.20. The minimum atomic E-state index is -0.350. The third-order valence-electron chi connectivity index (χ3n) is 3.42. The van der Waals surface area contributed by atoms with Gasteiger partial charge >= 0.3 is 6.03 Å². The van der Waals surface area contributed by atoms with Gasteiger partial charge in [-0.3, -0.25) is 5.32 Å². The van der Waals surface area contributed by atoms with Gasteiger partial charge in [0.25, 0.3) is 0 Å². The van der Waals surface area contributed by atoms with Crippen LogP contribution in [0.15, 0.2) is 24.3 Å². The number of benzene rings is 1. The Bertz CT molecular complexity index is 690. The molecule has 0 saturated carbocycles. The smallest absolute Gasteiger partial charge is 0.325 e. The van der Waals surface area contributed by atoms with Crippen LogP contribution in [0.25, 0.3) is 0 Å². The van der Waals surface area contributed by atoms with Crippen LogP contribution in [0.2, 0.25) is 0 Å². The Morgan fingerprint density at radius 3 is 2.23 bits per heavy atom. The number of urea groups is 1. The van der Waals surface area contributed by atoms with Crippen LogP contribution in [0.1, 0.15) is 27.7 Å². The lowest BCUT2D eigenvalue weighted by Crippen LogP contribution is -2.31. The van der Waals surface area contributed by atoms with Crippen LogP contribution >= 0.6 is 11.3 Å². The number of hydrogen-bond donors (Lipinski definition) is 2. The SMILES string of the molecule is COc1ccc(NC(=O)Nc2nnc(N(CC(C)C)CC(C)C)s2)cc1. The molecule has 0 radical (unpaired) electrons. The fraction of sp³-hybridized carbons (Fsp3) is 0.500. The van der Waals surface area contributed by atoms with E-state index in [9.17, 15) is 4.79 Å². The number of methoxy groups -OCH3 is 1. The van der Waals surface area contributed by atoms with E-state index in [-0.39, 0.29) is 6.03 Å². The molecule has 1 aromatic heterocycles. The summed E-state index contributed by atoms with van der Waals surface area (Å²) in [6, 6.07) is 6.77. The van der Waals surface area contributed by atoms with Crippen LogP contribution in [0, 0.1) is 11.8 Å². The van der Waals surface area contributed by atoms with Crippen molar-refractivity contribution in [1.82, 2.24) is 10.2 Å². The van der Waals surface area contributed by atoms with E-state index in [2.05, 4.69) is 53.4 Å². The summed E-state index contributed by atoms with van der Waals surface area (Å²) < 4.78 is 5.10. The highest BCUT2D eigenvalue weighted by atomic mass is 32.1. The average molecular weight is 378 g/mol. The summed E-state index contributed by atoms with van der Waals surface area (Å²) in [5.74, 6) is 1.78. The molecule has 26 heavy (non-hydrogen) atoms. The zero-order valence-corrected chi connectivity index (χ0v) is 16.8. The first-order valence-corrected chi connectivity index (χ1v) is 9.49. The number of nitrogens with zero attached hydrogens (tertiary/aromatic N) is 3. The maximum absolute atomic E-state index is 12.1. The third kappa shape index (κ3) is 6.18. The molecule has 8 heteroatoms. The van der Waals surface area contributed by atoms with Gasteiger partial charge in [-0.05, 0) is 36.1 Å². The first-order valence-electron chi connectivity index (χ1n) is 8.68. The van der Waals surface area contributed by atoms with Gasteiger partial charge in [0.1, 0.15) is 5.75 Å². The summed E-state index contributed by atoms with van der Waals surface area (Å²) in [4.78, 5) is 14.4. The molecule has 142 valence electrons. The van der Waals surface area contributed by atoms with E-state index in [1.807, 2.05) is 0 Å². The minimum absolute atomic E-state index is 0.350. The average Bonchev–Trinajstić information content (AvgIpc) is 3.02. The number of aromatic nitrogens is 2. The molecular weight excluding hydrogens is 350 g/mol. The standard InChI is InChI=1S/C18H27N5O2S/c1-12(2)10-23(11-13(3)4)18-22-21-17(26-18)20-16(24)19-14-6-8-15(25-5)9-7-14/h6-9,12-13H,10-11H2,1-5H3,(H2,19,20,21,24). The molecule has 0 unspecified atom stereocenters. The van der Waals surface area contributed by atoms with Crippen molar-refractivity contribution in [2.45, 2.75) is 27.7 Å². The Balaban J connectivity index is 1.97. The topological polar surface area (TPSA) is 79.4 Å². The summed E-state index contributed by atoms with van der Waals surface area (Å²) in [7, 11) is 1.60. The highest BCUT2D eigenvalue weighted by molar-refractivity contribution is 7.19. The molecule has 0 bridgehead atoms. The maximum atomic E-state index is 12.1. The molecule has 0 atom stereocenters. The Hall–Kier alpha value is -2.35. The van der Waals surface area contributed by atoms with Gasteiger partial charge in [-0.15, -0.1) is 10.2 Å². The van der Waals surface area contributed by atoms with E-state index >= 15 is 0 Å². The Labute approximate surface area is 158 Å². The molecule has 1 aromatic carbocycles. The van der Waals surface area contributed by atoms with Crippen molar-refractivity contribution in [2.75, 3.05) is 35.7 Å². The van der Waals surface area contributed by atoms with Crippen molar-refractivity contribution >= 4 is 33.3 Å². The number of carbonyl (C=O) groups excluding carboxylic acids is 1. The monoisotopic (exact) mass is 377 g/mol. The summed E-state index contributed by atoms with van der Waals surface area (Å²) in [6.45, 7) is 10.5. The lowest BCUT2D eigenvalue weighted by Gasteiger charge is -2.25. The van der Waals surface area contributed by atoms with Crippen molar-refractivity contribution in [3.05, 3.63) is 24.3 Å². The normalized spacial score (nSPS) is 10.9. The van der Waals surface area contributed by atoms with E-state index in [0.29, 0.717) is 22.7 Å². The van der Waals surface area contributed by atoms with Gasteiger partial charge < -0.3 is 15.0 Å². The van der Waals surface area contributed by atoms with Crippen LogP contribution in [-0.2, 0) is 0 Å². The summed E-state index contributed by atoms with van der Waals surface area (Å²) in [5, 5.41) is 15.1. The molecule has 7 nitrogen and oxygen atoms in total. The second-order valence-electron chi connectivity index (χ2n) is 6.89. The van der Waals surface area contributed by atoms with Gasteiger partial charge in [-0.2, -0.15) is 0 Å². The van der Waals surface area contributed by atoms with Crippen molar-refractivity contribution in [1.29, 1.82) is 0 Å². The van der Waals surface area contributed by atoms with E-state index in [0.717, 1.165) is 24.0 Å². The molecule has 2 amide bonds. The predicted octanol–water partition coefficient (Wildman–Crippen LogP) is 4.31. The molecule has 2 N–H and O–H groups in total. The van der Waals surface area contributed by atoms with Crippen molar-refractivity contribution in [3.63, 3.8) is 0 Å². The summed E-state index contributed by atoms with van der Waals surface area (Å²) >= 11 is 1.38. The van der Waals surface area contributed by atoms with Gasteiger partial charge in [-0.1, -0.05) is 39.0 Å². The second kappa shape index (κ2) is 9.38. The quantitative estimate of drug-likeness (QED) is 0.717. The molecule has 0 spiro atoms. The number of amides is 2. The molecule has 0 aliphatic heterocycles. The van der Waals surface area contributed by atoms with Crippen LogP contribution in [-0.4, -0.2) is 36.4 Å². The molecule has 0 fully saturated rings. The number of anilines is 3. The highest BCUT2D eigenvalue weighted by Crippen LogP contribution is 2.26. The molecule has 2 rings (SSSR count). The largest absolute Gasteiger partial charge is 0.497 e. The number of hydrogen-bond acceptors (Lipinski definition) is 6. The fourth-order valence-electron chi connectivity index (χ4n) is 2.44. The Morgan fingerprint density at radius 2 is 1.69 bits per heavy atom. The molecular formula is C18H27N5O2S. The second-order valence-corrected chi connectivity index (χ2v) is 7.85. The molecule has 0 aliphatic carbocycles. The van der Waals surface area contributed by atoms with Gasteiger partial charge in [0, 0.05) is 18.8 Å². The maximum Gasteiger partial charge on any atom is 0.325 e. The highest BCUT2D eigenvalue weighted by Gasteiger charge is 2.16. The lowest BCUT2D eigenvalue weighted by molar-refractivity contribution is 0.262. The lowest BCUT2D eigenvalue weighted by atomic mass is 10.1. The van der Waals surface area contributed by atoms with Crippen LogP contribution in [0.4, 0.5) is 20.7 Å². The van der Waals surface area contributed by atoms with E-state index < -0.39 is 0 Å². The van der Waals surface area contributed by atoms with Crippen molar-refractivity contribution < 1.29 is 9.53 Å². The van der Waals surface area contributed by atoms with E-state index in [1.165, 1.54) is 11.3 Å². The molecule has 0 aliphatic rings. The van der Waals surface area contributed by atoms with E-state index in [1.54, 1.807) is 31.4 Å². The third-order valence-corrected chi connectivity index (χ3v) is 4.32. The van der Waals surface area contributed by atoms with Gasteiger partial charge in [0.05, 0.1) is 7.11 Å². The fourth-order valence-corrected chi connectivity index (χ4v) is 3.20. The van der Waals surface area contributed by atoms with Crippen LogP contribution < -0.4 is 20.3 Å². The number of nitrogens with one attached hydrogen (secondary N) is 2. The Morgan fingerprint density at radius 1 is 1.08 bits per heavy atom. The first-order chi connectivity index (χ1) is 12.4. The minimum Gasteiger partial charge on any atom is -0.497 e. The summed E-state index contributed by atoms with van der Waals surface area (Å²) in [5.41, 5.74) is 0.675.